The molecule has 7 nitrogen and oxygen atoms in total. The lowest BCUT2D eigenvalue weighted by Gasteiger charge is -2.34. The fourth-order valence-electron chi connectivity index (χ4n) is 2.98. The number of aromatic nitrogens is 3. The molecule has 1 fully saturated rings. The Balaban J connectivity index is 1.34. The van der Waals surface area contributed by atoms with Gasteiger partial charge in [-0.15, -0.1) is 0 Å². The highest BCUT2D eigenvalue weighted by molar-refractivity contribution is 5.78. The van der Waals surface area contributed by atoms with Crippen molar-refractivity contribution in [3.05, 3.63) is 60.7 Å². The predicted octanol–water partition coefficient (Wildman–Crippen LogP) is 2.02. The molecule has 26 heavy (non-hydrogen) atoms. The Bertz CT molecular complexity index is 858. The Morgan fingerprint density at radius 3 is 2.46 bits per heavy atom. The number of oxazole rings is 1. The van der Waals surface area contributed by atoms with E-state index in [1.54, 1.807) is 24.7 Å². The van der Waals surface area contributed by atoms with Gasteiger partial charge in [-0.2, -0.15) is 0 Å². The van der Waals surface area contributed by atoms with Gasteiger partial charge in [-0.1, -0.05) is 18.2 Å². The summed E-state index contributed by atoms with van der Waals surface area (Å²) in [6.45, 7) is 2.76. The molecule has 4 rings (SSSR count). The Kier molecular flexibility index (Phi) is 4.59. The first-order chi connectivity index (χ1) is 12.8. The molecule has 3 aromatic rings. The van der Waals surface area contributed by atoms with Gasteiger partial charge in [0.25, 0.3) is 0 Å². The van der Waals surface area contributed by atoms with Crippen molar-refractivity contribution in [2.24, 2.45) is 0 Å². The van der Waals surface area contributed by atoms with Crippen LogP contribution in [0.5, 0.6) is 0 Å². The molecule has 0 radical (unpaired) electrons. The summed E-state index contributed by atoms with van der Waals surface area (Å²) in [6.07, 6.45) is 5.27. The smallest absolute Gasteiger partial charge is 0.228 e. The van der Waals surface area contributed by atoms with Crippen molar-refractivity contribution in [1.29, 1.82) is 0 Å². The van der Waals surface area contributed by atoms with Crippen molar-refractivity contribution in [2.45, 2.75) is 6.42 Å². The summed E-state index contributed by atoms with van der Waals surface area (Å²) in [5.41, 5.74) is 1.56. The third-order valence-corrected chi connectivity index (χ3v) is 4.37. The highest BCUT2D eigenvalue weighted by Crippen LogP contribution is 2.18. The molecule has 132 valence electrons. The van der Waals surface area contributed by atoms with Crippen molar-refractivity contribution < 1.29 is 9.21 Å². The minimum absolute atomic E-state index is 0.0616. The van der Waals surface area contributed by atoms with Gasteiger partial charge in [0.2, 0.25) is 17.7 Å². The molecule has 0 bridgehead atoms. The molecule has 7 heteroatoms. The molecule has 0 atom stereocenters. The third kappa shape index (κ3) is 3.56. The van der Waals surface area contributed by atoms with Gasteiger partial charge < -0.3 is 14.2 Å². The summed E-state index contributed by atoms with van der Waals surface area (Å²) in [6, 6.07) is 11.5. The SMILES string of the molecule is O=C(Cc1coc(-c2ccccc2)n1)N1CCN(c2ncccn2)CC1. The van der Waals surface area contributed by atoms with Crippen LogP contribution in [0.2, 0.25) is 0 Å². The number of carbonyl (C=O) groups excluding carboxylic acids is 1. The minimum atomic E-state index is 0.0616. The lowest BCUT2D eigenvalue weighted by atomic mass is 10.2. The molecule has 1 amide bonds. The maximum atomic E-state index is 12.6. The van der Waals surface area contributed by atoms with Gasteiger partial charge in [0, 0.05) is 44.1 Å². The quantitative estimate of drug-likeness (QED) is 0.717. The van der Waals surface area contributed by atoms with Crippen LogP contribution in [0.4, 0.5) is 5.95 Å². The third-order valence-electron chi connectivity index (χ3n) is 4.37. The molecule has 0 unspecified atom stereocenters. The second kappa shape index (κ2) is 7.35. The van der Waals surface area contributed by atoms with Crippen LogP contribution in [0, 0.1) is 0 Å². The zero-order valence-corrected chi connectivity index (χ0v) is 14.3. The van der Waals surface area contributed by atoms with E-state index in [0.29, 0.717) is 30.6 Å². The fraction of sp³-hybridized carbons (Fsp3) is 0.263. The van der Waals surface area contributed by atoms with E-state index in [1.807, 2.05) is 35.2 Å². The van der Waals surface area contributed by atoms with E-state index in [0.717, 1.165) is 18.7 Å². The molecule has 1 aliphatic heterocycles. The van der Waals surface area contributed by atoms with E-state index in [4.69, 9.17) is 4.42 Å². The standard InChI is InChI=1S/C19H19N5O2/c25-17(13-16-14-26-18(22-16)15-5-2-1-3-6-15)23-9-11-24(12-10-23)19-20-7-4-8-21-19/h1-8,14H,9-13H2. The van der Waals surface area contributed by atoms with Crippen LogP contribution in [0.25, 0.3) is 11.5 Å². The number of hydrogen-bond acceptors (Lipinski definition) is 6. The highest BCUT2D eigenvalue weighted by atomic mass is 16.3. The predicted molar refractivity (Wildman–Crippen MR) is 96.5 cm³/mol. The number of rotatable bonds is 4. The van der Waals surface area contributed by atoms with Crippen LogP contribution in [-0.2, 0) is 11.2 Å². The molecular weight excluding hydrogens is 330 g/mol. The lowest BCUT2D eigenvalue weighted by molar-refractivity contribution is -0.130. The molecule has 1 saturated heterocycles. The van der Waals surface area contributed by atoms with Gasteiger partial charge in [0.1, 0.15) is 6.26 Å². The van der Waals surface area contributed by atoms with E-state index in [2.05, 4.69) is 19.9 Å². The molecule has 3 heterocycles. The zero-order valence-electron chi connectivity index (χ0n) is 14.3. The first-order valence-electron chi connectivity index (χ1n) is 8.59. The Labute approximate surface area is 151 Å². The summed E-state index contributed by atoms with van der Waals surface area (Å²) in [7, 11) is 0. The van der Waals surface area contributed by atoms with E-state index < -0.39 is 0 Å². The second-order valence-electron chi connectivity index (χ2n) is 6.10. The summed E-state index contributed by atoms with van der Waals surface area (Å²) < 4.78 is 5.51. The Morgan fingerprint density at radius 2 is 1.73 bits per heavy atom. The van der Waals surface area contributed by atoms with Crippen LogP contribution in [0.15, 0.2) is 59.5 Å². The van der Waals surface area contributed by atoms with Gasteiger partial charge >= 0.3 is 0 Å². The molecule has 0 N–H and O–H groups in total. The van der Waals surface area contributed by atoms with Crippen LogP contribution < -0.4 is 4.90 Å². The van der Waals surface area contributed by atoms with Crippen LogP contribution in [0.1, 0.15) is 5.69 Å². The molecule has 0 aliphatic carbocycles. The molecule has 1 aliphatic rings. The number of amides is 1. The number of anilines is 1. The van der Waals surface area contributed by atoms with Crippen molar-refractivity contribution in [1.82, 2.24) is 19.9 Å². The molecule has 0 spiro atoms. The van der Waals surface area contributed by atoms with Crippen LogP contribution in [-0.4, -0.2) is 51.9 Å². The number of benzene rings is 1. The highest BCUT2D eigenvalue weighted by Gasteiger charge is 2.23. The number of carbonyl (C=O) groups is 1. The number of piperazine rings is 1. The maximum absolute atomic E-state index is 12.6. The minimum Gasteiger partial charge on any atom is -0.444 e. The molecular formula is C19H19N5O2. The molecule has 0 saturated carbocycles. The maximum Gasteiger partial charge on any atom is 0.228 e. The van der Waals surface area contributed by atoms with Crippen LogP contribution in [0.3, 0.4) is 0 Å². The van der Waals surface area contributed by atoms with Gasteiger partial charge in [-0.25, -0.2) is 15.0 Å². The van der Waals surface area contributed by atoms with E-state index in [1.165, 1.54) is 0 Å². The fourth-order valence-corrected chi connectivity index (χ4v) is 2.98. The van der Waals surface area contributed by atoms with Gasteiger partial charge in [0.15, 0.2) is 0 Å². The van der Waals surface area contributed by atoms with Crippen molar-refractivity contribution in [3.8, 4) is 11.5 Å². The summed E-state index contributed by atoms with van der Waals surface area (Å²) >= 11 is 0. The van der Waals surface area contributed by atoms with Crippen molar-refractivity contribution in [2.75, 3.05) is 31.1 Å². The topological polar surface area (TPSA) is 75.4 Å². The monoisotopic (exact) mass is 349 g/mol. The van der Waals surface area contributed by atoms with Crippen LogP contribution >= 0.6 is 0 Å². The Hall–Kier alpha value is -3.22. The van der Waals surface area contributed by atoms with E-state index >= 15 is 0 Å². The number of hydrogen-bond donors (Lipinski definition) is 0. The molecule has 1 aromatic carbocycles. The van der Waals surface area contributed by atoms with E-state index in [-0.39, 0.29) is 12.3 Å². The average molecular weight is 349 g/mol. The van der Waals surface area contributed by atoms with Gasteiger partial charge in [-0.05, 0) is 18.2 Å². The number of nitrogens with zero attached hydrogens (tertiary/aromatic N) is 5. The second-order valence-corrected chi connectivity index (χ2v) is 6.10. The van der Waals surface area contributed by atoms with Crippen molar-refractivity contribution >= 4 is 11.9 Å². The largest absolute Gasteiger partial charge is 0.444 e. The van der Waals surface area contributed by atoms with E-state index in [9.17, 15) is 4.79 Å². The lowest BCUT2D eigenvalue weighted by Crippen LogP contribution is -2.49. The summed E-state index contributed by atoms with van der Waals surface area (Å²) in [4.78, 5) is 29.5. The first-order valence-corrected chi connectivity index (χ1v) is 8.59. The Morgan fingerprint density at radius 1 is 1.00 bits per heavy atom. The first kappa shape index (κ1) is 16.3. The van der Waals surface area contributed by atoms with Crippen molar-refractivity contribution in [3.63, 3.8) is 0 Å². The molecule has 2 aromatic heterocycles. The van der Waals surface area contributed by atoms with Gasteiger partial charge in [-0.3, -0.25) is 4.79 Å². The zero-order chi connectivity index (χ0) is 17.8. The summed E-state index contributed by atoms with van der Waals surface area (Å²) in [5, 5.41) is 0. The summed E-state index contributed by atoms with van der Waals surface area (Å²) in [5.74, 6) is 1.31. The normalized spacial score (nSPS) is 14.5. The van der Waals surface area contributed by atoms with Gasteiger partial charge in [0.05, 0.1) is 12.1 Å². The average Bonchev–Trinajstić information content (AvgIpc) is 3.18.